The Morgan fingerprint density at radius 1 is 1.42 bits per heavy atom. The number of hydrogen-bond acceptors (Lipinski definition) is 4. The fourth-order valence-electron chi connectivity index (χ4n) is 3.05. The van der Waals surface area contributed by atoms with Crippen LogP contribution < -0.4 is 5.32 Å². The molecule has 0 saturated heterocycles. The van der Waals surface area contributed by atoms with Gasteiger partial charge in [0, 0.05) is 10.9 Å². The quantitative estimate of drug-likeness (QED) is 0.373. The Morgan fingerprint density at radius 2 is 2.33 bits per heavy atom. The molecule has 0 amide bonds. The van der Waals surface area contributed by atoms with Crippen LogP contribution >= 0.6 is 38.9 Å². The van der Waals surface area contributed by atoms with Crippen LogP contribution in [0.5, 0.6) is 0 Å². The van der Waals surface area contributed by atoms with Gasteiger partial charge in [-0.25, -0.2) is 4.98 Å². The molecule has 1 aliphatic rings. The van der Waals surface area contributed by atoms with Crippen LogP contribution in [0.1, 0.15) is 35.8 Å². The molecule has 3 aromatic heterocycles. The van der Waals surface area contributed by atoms with Gasteiger partial charge in [-0.05, 0) is 53.2 Å². The third-order valence-electron chi connectivity index (χ3n) is 4.25. The molecule has 0 aromatic carbocycles. The molecule has 1 aliphatic carbocycles. The predicted molar refractivity (Wildman–Crippen MR) is 104 cm³/mol. The van der Waals surface area contributed by atoms with E-state index >= 15 is 0 Å². The summed E-state index contributed by atoms with van der Waals surface area (Å²) in [5.74, 6) is 1.45. The summed E-state index contributed by atoms with van der Waals surface area (Å²) in [7, 11) is 0. The zero-order valence-corrected chi connectivity index (χ0v) is 16.0. The van der Waals surface area contributed by atoms with E-state index in [4.69, 9.17) is 16.0 Å². The average Bonchev–Trinajstić information content (AvgIpc) is 3.22. The minimum absolute atomic E-state index is 0.498. The third-order valence-corrected chi connectivity index (χ3v) is 6.88. The Bertz CT molecular complexity index is 888. The van der Waals surface area contributed by atoms with E-state index in [-0.39, 0.29) is 0 Å². The van der Waals surface area contributed by atoms with Crippen LogP contribution in [0.15, 0.2) is 45.5 Å². The zero-order chi connectivity index (χ0) is 16.5. The lowest BCUT2D eigenvalue weighted by Gasteiger charge is -2.16. The topological polar surface area (TPSA) is 38.1 Å². The van der Waals surface area contributed by atoms with Crippen molar-refractivity contribution in [3.8, 4) is 0 Å². The van der Waals surface area contributed by atoms with Gasteiger partial charge in [0.25, 0.3) is 0 Å². The Balaban J connectivity index is 1.72. The number of aromatic nitrogens is 1. The molecule has 1 unspecified atom stereocenters. The summed E-state index contributed by atoms with van der Waals surface area (Å²) in [4.78, 5) is 5.91. The van der Waals surface area contributed by atoms with Gasteiger partial charge in [0.1, 0.15) is 10.9 Å². The summed E-state index contributed by atoms with van der Waals surface area (Å²) >= 11 is 11.8. The number of hydrogen-bond donors (Lipinski definition) is 1. The van der Waals surface area contributed by atoms with Gasteiger partial charge in [-0.3, -0.25) is 0 Å². The van der Waals surface area contributed by atoms with Crippen LogP contribution in [0.25, 0.3) is 10.2 Å². The van der Waals surface area contributed by atoms with Gasteiger partial charge in [-0.1, -0.05) is 23.8 Å². The van der Waals surface area contributed by atoms with Gasteiger partial charge in [0.2, 0.25) is 0 Å². The van der Waals surface area contributed by atoms with E-state index in [0.29, 0.717) is 17.6 Å². The summed E-state index contributed by atoms with van der Waals surface area (Å²) in [6, 6.07) is 5.74. The van der Waals surface area contributed by atoms with Crippen LogP contribution in [0, 0.1) is 0 Å². The van der Waals surface area contributed by atoms with Crippen molar-refractivity contribution in [2.24, 2.45) is 0 Å². The van der Waals surface area contributed by atoms with Crippen molar-refractivity contribution in [2.45, 2.75) is 31.7 Å². The third kappa shape index (κ3) is 3.13. The van der Waals surface area contributed by atoms with Crippen molar-refractivity contribution >= 4 is 54.8 Å². The molecule has 0 bridgehead atoms. The fraction of sp³-hybridized carbons (Fsp3) is 0.278. The average molecular weight is 424 g/mol. The molecular formula is C18H16BrClN2OS. The van der Waals surface area contributed by atoms with Crippen molar-refractivity contribution in [3.05, 3.63) is 56.9 Å². The van der Waals surface area contributed by atoms with E-state index in [9.17, 15) is 0 Å². The first-order valence-electron chi connectivity index (χ1n) is 7.92. The highest BCUT2D eigenvalue weighted by molar-refractivity contribution is 9.10. The summed E-state index contributed by atoms with van der Waals surface area (Å²) in [6.07, 6.45) is 9.65. The van der Waals surface area contributed by atoms with Crippen molar-refractivity contribution in [1.29, 1.82) is 0 Å². The lowest BCUT2D eigenvalue weighted by molar-refractivity contribution is 0.518. The number of halogens is 2. The van der Waals surface area contributed by atoms with Gasteiger partial charge in [-0.2, -0.15) is 0 Å². The van der Waals surface area contributed by atoms with E-state index < -0.39 is 0 Å². The molecule has 124 valence electrons. The molecule has 0 fully saturated rings. The molecule has 0 radical (unpaired) electrons. The van der Waals surface area contributed by atoms with E-state index in [1.54, 1.807) is 6.26 Å². The lowest BCUT2D eigenvalue weighted by atomic mass is 9.93. The van der Waals surface area contributed by atoms with E-state index in [1.807, 2.05) is 29.5 Å². The molecule has 1 N–H and O–H groups in total. The zero-order valence-electron chi connectivity index (χ0n) is 12.9. The van der Waals surface area contributed by atoms with Crippen LogP contribution in [-0.2, 0) is 6.54 Å². The Kier molecular flexibility index (Phi) is 4.66. The minimum Gasteiger partial charge on any atom is -0.467 e. The molecule has 0 saturated carbocycles. The molecule has 3 nitrogen and oxygen atoms in total. The number of furan rings is 1. The first-order valence-corrected chi connectivity index (χ1v) is 9.91. The first-order chi connectivity index (χ1) is 11.7. The van der Waals surface area contributed by atoms with Gasteiger partial charge < -0.3 is 9.73 Å². The van der Waals surface area contributed by atoms with E-state index in [2.05, 4.69) is 38.4 Å². The normalized spacial score (nSPS) is 17.5. The molecule has 0 spiro atoms. The largest absolute Gasteiger partial charge is 0.467 e. The number of thiophene rings is 1. The van der Waals surface area contributed by atoms with Gasteiger partial charge >= 0.3 is 0 Å². The minimum atomic E-state index is 0.498. The monoisotopic (exact) mass is 422 g/mol. The second kappa shape index (κ2) is 6.90. The van der Waals surface area contributed by atoms with E-state index in [1.165, 1.54) is 11.3 Å². The molecule has 0 aliphatic heterocycles. The molecule has 24 heavy (non-hydrogen) atoms. The molecule has 3 heterocycles. The standard InChI is InChI=1S/C18H16BrClN2OS/c19-15-16-18(24-17(15)11-5-2-1-3-6-11)13(9-14(20)22-16)21-10-12-7-4-8-23-12/h1-2,4,7-9,11H,3,5-6,10H2,(H,21,22). The highest BCUT2D eigenvalue weighted by Crippen LogP contribution is 2.45. The number of fused-ring (bicyclic) bond motifs is 1. The summed E-state index contributed by atoms with van der Waals surface area (Å²) in [6.45, 7) is 0.624. The van der Waals surface area contributed by atoms with Crippen molar-refractivity contribution in [1.82, 2.24) is 4.98 Å². The van der Waals surface area contributed by atoms with Crippen LogP contribution in [0.4, 0.5) is 5.69 Å². The van der Waals surface area contributed by atoms with Crippen molar-refractivity contribution in [3.63, 3.8) is 0 Å². The molecule has 6 heteroatoms. The fourth-order valence-corrected chi connectivity index (χ4v) is 5.50. The van der Waals surface area contributed by atoms with Crippen molar-refractivity contribution < 1.29 is 4.42 Å². The second-order valence-electron chi connectivity index (χ2n) is 5.86. The van der Waals surface area contributed by atoms with Crippen LogP contribution in [0.3, 0.4) is 0 Å². The highest BCUT2D eigenvalue weighted by Gasteiger charge is 2.22. The Morgan fingerprint density at radius 3 is 3.08 bits per heavy atom. The summed E-state index contributed by atoms with van der Waals surface area (Å²) < 4.78 is 7.63. The smallest absolute Gasteiger partial charge is 0.131 e. The van der Waals surface area contributed by atoms with Crippen molar-refractivity contribution in [2.75, 3.05) is 5.32 Å². The molecular weight excluding hydrogens is 408 g/mol. The van der Waals surface area contributed by atoms with E-state index in [0.717, 1.165) is 39.0 Å². The lowest BCUT2D eigenvalue weighted by Crippen LogP contribution is -1.98. The van der Waals surface area contributed by atoms with Gasteiger partial charge in [0.15, 0.2) is 0 Å². The first kappa shape index (κ1) is 16.2. The summed E-state index contributed by atoms with van der Waals surface area (Å²) in [5, 5.41) is 3.93. The van der Waals surface area contributed by atoms with Gasteiger partial charge in [0.05, 0.1) is 33.2 Å². The van der Waals surface area contributed by atoms with Crippen LogP contribution in [0.2, 0.25) is 5.15 Å². The predicted octanol–water partition coefficient (Wildman–Crippen LogP) is 6.74. The molecule has 4 rings (SSSR count). The van der Waals surface area contributed by atoms with Crippen LogP contribution in [-0.4, -0.2) is 4.98 Å². The maximum atomic E-state index is 6.25. The number of allylic oxidation sites excluding steroid dienone is 2. The Hall–Kier alpha value is -1.30. The number of nitrogens with zero attached hydrogens (tertiary/aromatic N) is 1. The number of rotatable bonds is 4. The molecule has 1 atom stereocenters. The highest BCUT2D eigenvalue weighted by atomic mass is 79.9. The number of anilines is 1. The van der Waals surface area contributed by atoms with Gasteiger partial charge in [-0.15, -0.1) is 11.3 Å². The maximum Gasteiger partial charge on any atom is 0.131 e. The molecule has 3 aromatic rings. The second-order valence-corrected chi connectivity index (χ2v) is 8.10. The number of nitrogens with one attached hydrogen (secondary N) is 1. The summed E-state index contributed by atoms with van der Waals surface area (Å²) in [5.41, 5.74) is 1.95. The SMILES string of the molecule is Clc1cc(NCc2ccco2)c2sc(C3CC=CCC3)c(Br)c2n1. The maximum absolute atomic E-state index is 6.25. The number of pyridine rings is 1. The Labute approximate surface area is 157 Å².